The zero-order valence-electron chi connectivity index (χ0n) is 31.0. The van der Waals surface area contributed by atoms with Crippen LogP contribution in [-0.4, -0.2) is 70.7 Å². The van der Waals surface area contributed by atoms with E-state index in [2.05, 4.69) is 10.6 Å². The number of hydrogen-bond acceptors (Lipinski definition) is 8. The van der Waals surface area contributed by atoms with Crippen LogP contribution >= 0.6 is 0 Å². The van der Waals surface area contributed by atoms with Crippen molar-refractivity contribution >= 4 is 35.3 Å². The summed E-state index contributed by atoms with van der Waals surface area (Å²) in [5.41, 5.74) is 11.9. The van der Waals surface area contributed by atoms with Crippen LogP contribution in [0.3, 0.4) is 0 Å². The van der Waals surface area contributed by atoms with Crippen molar-refractivity contribution in [1.29, 1.82) is 0 Å². The molecular weight excluding hydrogens is 640 g/mol. The number of aliphatic carboxylic acids is 2. The van der Waals surface area contributed by atoms with E-state index in [1.165, 1.54) is 25.7 Å². The van der Waals surface area contributed by atoms with Crippen LogP contribution < -0.4 is 22.1 Å². The standard InChI is InChI=1S/C38H70N4O8/c1-2-27-42-37(48)33(40)22-15-13-16-23-34(44)32(39)21-18-19-28-41-35(45)26-25-30(38(49)50)29-31(43)20-14-11-9-7-5-3-4-6-8-10-12-17-24-36(46)47/h30,32-33H,2-29,39-40H2,1H3,(H,41,45)(H,42,48)(H,46,47)(H,49,50)/t30-,32+,33+/m1/s1. The highest BCUT2D eigenvalue weighted by atomic mass is 16.4. The molecule has 0 spiro atoms. The summed E-state index contributed by atoms with van der Waals surface area (Å²) in [4.78, 5) is 71.0. The number of carboxylic acids is 2. The van der Waals surface area contributed by atoms with E-state index in [4.69, 9.17) is 16.6 Å². The Labute approximate surface area is 301 Å². The van der Waals surface area contributed by atoms with Crippen molar-refractivity contribution in [3.05, 3.63) is 0 Å². The first kappa shape index (κ1) is 47.1. The first-order valence-electron chi connectivity index (χ1n) is 19.5. The van der Waals surface area contributed by atoms with E-state index in [1.807, 2.05) is 6.92 Å². The Kier molecular flexibility index (Phi) is 30.2. The summed E-state index contributed by atoms with van der Waals surface area (Å²) in [6.45, 7) is 3.02. The van der Waals surface area contributed by atoms with E-state index in [0.29, 0.717) is 58.0 Å². The fourth-order valence-corrected chi connectivity index (χ4v) is 5.86. The maximum Gasteiger partial charge on any atom is 0.306 e. The van der Waals surface area contributed by atoms with Gasteiger partial charge in [0.2, 0.25) is 11.8 Å². The number of amides is 2. The van der Waals surface area contributed by atoms with Gasteiger partial charge in [0.15, 0.2) is 0 Å². The average molecular weight is 711 g/mol. The number of carbonyl (C=O) groups excluding carboxylic acids is 4. The third-order valence-electron chi connectivity index (χ3n) is 9.14. The topological polar surface area (TPSA) is 219 Å². The van der Waals surface area contributed by atoms with E-state index < -0.39 is 29.9 Å². The van der Waals surface area contributed by atoms with Gasteiger partial charge >= 0.3 is 11.9 Å². The number of carbonyl (C=O) groups is 6. The summed E-state index contributed by atoms with van der Waals surface area (Å²) in [6.07, 6.45) is 19.4. The molecule has 0 aliphatic carbocycles. The summed E-state index contributed by atoms with van der Waals surface area (Å²) in [6, 6.07) is -1.06. The Bertz CT molecular complexity index is 961. The van der Waals surface area contributed by atoms with Crippen LogP contribution in [0.4, 0.5) is 0 Å². The molecule has 0 unspecified atom stereocenters. The number of nitrogens with two attached hydrogens (primary N) is 2. The Morgan fingerprint density at radius 2 is 1.04 bits per heavy atom. The highest BCUT2D eigenvalue weighted by molar-refractivity contribution is 5.85. The molecular formula is C38H70N4O8. The van der Waals surface area contributed by atoms with Crippen LogP contribution in [0, 0.1) is 5.92 Å². The lowest BCUT2D eigenvalue weighted by atomic mass is 9.94. The normalized spacial score (nSPS) is 12.9. The summed E-state index contributed by atoms with van der Waals surface area (Å²) >= 11 is 0. The lowest BCUT2D eigenvalue weighted by molar-refractivity contribution is -0.144. The largest absolute Gasteiger partial charge is 0.481 e. The molecule has 0 aromatic rings. The van der Waals surface area contributed by atoms with Crippen LogP contribution in [0.2, 0.25) is 0 Å². The Morgan fingerprint density at radius 3 is 1.60 bits per heavy atom. The van der Waals surface area contributed by atoms with E-state index >= 15 is 0 Å². The lowest BCUT2D eigenvalue weighted by Crippen LogP contribution is -2.40. The second-order valence-corrected chi connectivity index (χ2v) is 13.9. The molecule has 0 aromatic heterocycles. The summed E-state index contributed by atoms with van der Waals surface area (Å²) in [5.74, 6) is -3.08. The number of carboxylic acid groups (broad SMARTS) is 2. The van der Waals surface area contributed by atoms with Crippen molar-refractivity contribution in [3.63, 3.8) is 0 Å². The van der Waals surface area contributed by atoms with Gasteiger partial charge in [-0.2, -0.15) is 0 Å². The van der Waals surface area contributed by atoms with Gasteiger partial charge in [-0.3, -0.25) is 28.8 Å². The lowest BCUT2D eigenvalue weighted by Gasteiger charge is -2.13. The van der Waals surface area contributed by atoms with Crippen molar-refractivity contribution in [1.82, 2.24) is 10.6 Å². The minimum atomic E-state index is -1.05. The first-order chi connectivity index (χ1) is 24.0. The predicted molar refractivity (Wildman–Crippen MR) is 196 cm³/mol. The molecule has 12 nitrogen and oxygen atoms in total. The third kappa shape index (κ3) is 28.9. The second kappa shape index (κ2) is 32.1. The smallest absolute Gasteiger partial charge is 0.306 e. The van der Waals surface area contributed by atoms with Gasteiger partial charge in [0, 0.05) is 45.2 Å². The minimum Gasteiger partial charge on any atom is -0.481 e. The molecule has 8 N–H and O–H groups in total. The molecule has 0 aliphatic rings. The molecule has 290 valence electrons. The van der Waals surface area contributed by atoms with Crippen molar-refractivity contribution in [3.8, 4) is 0 Å². The number of ketones is 2. The zero-order valence-corrected chi connectivity index (χ0v) is 31.0. The molecule has 0 heterocycles. The van der Waals surface area contributed by atoms with Gasteiger partial charge in [-0.1, -0.05) is 84.0 Å². The molecule has 0 aliphatic heterocycles. The molecule has 0 saturated heterocycles. The van der Waals surface area contributed by atoms with Crippen molar-refractivity contribution in [2.75, 3.05) is 13.1 Å². The van der Waals surface area contributed by atoms with Gasteiger partial charge in [0.1, 0.15) is 11.6 Å². The molecule has 0 fully saturated rings. The number of rotatable bonds is 36. The minimum absolute atomic E-state index is 0.00964. The van der Waals surface area contributed by atoms with Gasteiger partial charge in [0.25, 0.3) is 0 Å². The molecule has 50 heavy (non-hydrogen) atoms. The van der Waals surface area contributed by atoms with E-state index in [0.717, 1.165) is 70.6 Å². The van der Waals surface area contributed by atoms with Crippen molar-refractivity contribution in [2.45, 2.75) is 186 Å². The Morgan fingerprint density at radius 1 is 0.540 bits per heavy atom. The predicted octanol–water partition coefficient (Wildman–Crippen LogP) is 5.96. The number of hydrogen-bond donors (Lipinski definition) is 6. The van der Waals surface area contributed by atoms with Crippen LogP contribution in [0.15, 0.2) is 0 Å². The third-order valence-corrected chi connectivity index (χ3v) is 9.14. The van der Waals surface area contributed by atoms with Gasteiger partial charge in [-0.15, -0.1) is 0 Å². The first-order valence-corrected chi connectivity index (χ1v) is 19.5. The van der Waals surface area contributed by atoms with Gasteiger partial charge in [-0.05, 0) is 57.8 Å². The summed E-state index contributed by atoms with van der Waals surface area (Å²) < 4.78 is 0. The fraction of sp³-hybridized carbons (Fsp3) is 0.842. The Balaban J connectivity index is 3.87. The van der Waals surface area contributed by atoms with Crippen LogP contribution in [0.1, 0.15) is 174 Å². The van der Waals surface area contributed by atoms with Crippen LogP contribution in [0.25, 0.3) is 0 Å². The number of Topliss-reactive ketones (excluding diaryl/α,β-unsaturated/α-hetero) is 2. The highest BCUT2D eigenvalue weighted by Gasteiger charge is 2.22. The van der Waals surface area contributed by atoms with Crippen molar-refractivity contribution in [2.24, 2.45) is 17.4 Å². The van der Waals surface area contributed by atoms with Crippen LogP contribution in [0.5, 0.6) is 0 Å². The second-order valence-electron chi connectivity index (χ2n) is 13.9. The monoisotopic (exact) mass is 711 g/mol. The SMILES string of the molecule is CCCNC(=O)[C@@H](N)CCCCCC(=O)[C@@H](N)CCCCNC(=O)CC[C@H](CC(=O)CCCCCCCCCCCCCCC(=O)O)C(=O)O. The quantitative estimate of drug-likeness (QED) is 0.0419. The van der Waals surface area contributed by atoms with E-state index in [-0.39, 0.29) is 49.1 Å². The molecule has 0 bridgehead atoms. The molecule has 0 saturated carbocycles. The van der Waals surface area contributed by atoms with Gasteiger partial charge < -0.3 is 32.3 Å². The van der Waals surface area contributed by atoms with Gasteiger partial charge in [0.05, 0.1) is 18.0 Å². The van der Waals surface area contributed by atoms with E-state index in [1.54, 1.807) is 0 Å². The van der Waals surface area contributed by atoms with Gasteiger partial charge in [-0.25, -0.2) is 0 Å². The highest BCUT2D eigenvalue weighted by Crippen LogP contribution is 2.17. The molecule has 2 amide bonds. The zero-order chi connectivity index (χ0) is 37.4. The fourth-order valence-electron chi connectivity index (χ4n) is 5.86. The molecule has 0 aromatic carbocycles. The number of nitrogens with one attached hydrogen (secondary N) is 2. The van der Waals surface area contributed by atoms with Crippen LogP contribution in [-0.2, 0) is 28.8 Å². The average Bonchev–Trinajstić information content (AvgIpc) is 3.08. The summed E-state index contributed by atoms with van der Waals surface area (Å²) in [5, 5.41) is 23.8. The molecule has 12 heteroatoms. The maximum absolute atomic E-state index is 12.4. The van der Waals surface area contributed by atoms with E-state index in [9.17, 15) is 33.9 Å². The van der Waals surface area contributed by atoms with Crippen molar-refractivity contribution < 1.29 is 39.0 Å². The Hall–Kier alpha value is -2.86. The molecule has 0 rings (SSSR count). The number of unbranched alkanes of at least 4 members (excludes halogenated alkanes) is 14. The molecule has 3 atom stereocenters. The molecule has 0 radical (unpaired) electrons. The summed E-state index contributed by atoms with van der Waals surface area (Å²) in [7, 11) is 0. The maximum atomic E-state index is 12.4.